The third-order valence-corrected chi connectivity index (χ3v) is 4.90. The first-order valence-corrected chi connectivity index (χ1v) is 8.15. The number of aromatic nitrogens is 2. The van der Waals surface area contributed by atoms with Crippen molar-refractivity contribution in [2.24, 2.45) is 5.73 Å². The average molecular weight is 343 g/mol. The summed E-state index contributed by atoms with van der Waals surface area (Å²) in [5, 5.41) is 4.61. The van der Waals surface area contributed by atoms with Crippen LogP contribution in [0.25, 0.3) is 0 Å². The summed E-state index contributed by atoms with van der Waals surface area (Å²) in [6, 6.07) is -0.138. The topological polar surface area (TPSA) is 64.2 Å². The second kappa shape index (κ2) is 6.72. The fourth-order valence-electron chi connectivity index (χ4n) is 2.86. The standard InChI is InChI=1S/C14H23BrN4O/c1-3-10-13(15)12(19(4-2)17-10)9-18-8-6-5-7-11(18)14(16)20/h11H,3-9H2,1-2H3,(H2,16,20). The van der Waals surface area contributed by atoms with Crippen LogP contribution in [0, 0.1) is 0 Å². The first-order valence-electron chi connectivity index (χ1n) is 7.35. The molecule has 1 unspecified atom stereocenters. The van der Waals surface area contributed by atoms with Gasteiger partial charge in [0.05, 0.1) is 21.9 Å². The quantitative estimate of drug-likeness (QED) is 0.890. The molecule has 1 saturated heterocycles. The molecule has 1 fully saturated rings. The highest BCUT2D eigenvalue weighted by Gasteiger charge is 2.28. The predicted molar refractivity (Wildman–Crippen MR) is 82.2 cm³/mol. The molecule has 112 valence electrons. The monoisotopic (exact) mass is 342 g/mol. The van der Waals surface area contributed by atoms with Crippen LogP contribution in [0.15, 0.2) is 4.47 Å². The van der Waals surface area contributed by atoms with Gasteiger partial charge in [-0.3, -0.25) is 14.4 Å². The number of primary amides is 1. The molecule has 0 radical (unpaired) electrons. The van der Waals surface area contributed by atoms with Crippen molar-refractivity contribution < 1.29 is 4.79 Å². The minimum atomic E-state index is -0.209. The van der Waals surface area contributed by atoms with Crippen molar-refractivity contribution in [3.05, 3.63) is 15.9 Å². The lowest BCUT2D eigenvalue weighted by atomic mass is 10.0. The Bertz CT molecular complexity index is 486. The highest BCUT2D eigenvalue weighted by Crippen LogP contribution is 2.26. The van der Waals surface area contributed by atoms with E-state index >= 15 is 0 Å². The number of amides is 1. The zero-order valence-corrected chi connectivity index (χ0v) is 13.8. The number of halogens is 1. The fraction of sp³-hybridized carbons (Fsp3) is 0.714. The number of carbonyl (C=O) groups is 1. The fourth-order valence-corrected chi connectivity index (χ4v) is 3.55. The Morgan fingerprint density at radius 3 is 2.80 bits per heavy atom. The van der Waals surface area contributed by atoms with Crippen LogP contribution in [-0.4, -0.2) is 33.2 Å². The van der Waals surface area contributed by atoms with Gasteiger partial charge in [-0.15, -0.1) is 0 Å². The molecule has 1 amide bonds. The van der Waals surface area contributed by atoms with E-state index in [4.69, 9.17) is 5.73 Å². The number of hydrogen-bond acceptors (Lipinski definition) is 3. The van der Waals surface area contributed by atoms with E-state index in [1.165, 1.54) is 0 Å². The Hall–Kier alpha value is -0.880. The van der Waals surface area contributed by atoms with E-state index in [1.54, 1.807) is 0 Å². The van der Waals surface area contributed by atoms with Crippen LogP contribution in [0.5, 0.6) is 0 Å². The maximum absolute atomic E-state index is 11.6. The van der Waals surface area contributed by atoms with Crippen LogP contribution >= 0.6 is 15.9 Å². The Labute approximate surface area is 128 Å². The molecule has 0 bridgehead atoms. The van der Waals surface area contributed by atoms with Gasteiger partial charge in [-0.05, 0) is 48.7 Å². The highest BCUT2D eigenvalue weighted by molar-refractivity contribution is 9.10. The first kappa shape index (κ1) is 15.5. The number of hydrogen-bond donors (Lipinski definition) is 1. The number of piperidine rings is 1. The summed E-state index contributed by atoms with van der Waals surface area (Å²) in [7, 11) is 0. The zero-order valence-electron chi connectivity index (χ0n) is 12.2. The lowest BCUT2D eigenvalue weighted by Crippen LogP contribution is -2.47. The number of likely N-dealkylation sites (tertiary alicyclic amines) is 1. The molecule has 0 saturated carbocycles. The Morgan fingerprint density at radius 2 is 2.20 bits per heavy atom. The second-order valence-electron chi connectivity index (χ2n) is 5.26. The maximum Gasteiger partial charge on any atom is 0.234 e. The summed E-state index contributed by atoms with van der Waals surface area (Å²) in [5.41, 5.74) is 7.77. The molecule has 1 aromatic rings. The van der Waals surface area contributed by atoms with Gasteiger partial charge in [0.2, 0.25) is 5.91 Å². The van der Waals surface area contributed by atoms with Crippen molar-refractivity contribution >= 4 is 21.8 Å². The molecular weight excluding hydrogens is 320 g/mol. The Balaban J connectivity index is 2.23. The molecule has 1 aromatic heterocycles. The number of aryl methyl sites for hydroxylation is 2. The van der Waals surface area contributed by atoms with E-state index in [0.717, 1.165) is 61.2 Å². The third-order valence-electron chi connectivity index (χ3n) is 3.99. The first-order chi connectivity index (χ1) is 9.58. The minimum absolute atomic E-state index is 0.138. The normalized spacial score (nSPS) is 20.2. The zero-order chi connectivity index (χ0) is 14.7. The number of nitrogens with two attached hydrogens (primary N) is 1. The van der Waals surface area contributed by atoms with Crippen LogP contribution in [0.1, 0.15) is 44.5 Å². The van der Waals surface area contributed by atoms with Gasteiger partial charge < -0.3 is 5.73 Å². The van der Waals surface area contributed by atoms with E-state index in [1.807, 2.05) is 4.68 Å². The predicted octanol–water partition coefficient (Wildman–Crippen LogP) is 2.07. The van der Waals surface area contributed by atoms with E-state index in [-0.39, 0.29) is 11.9 Å². The molecule has 6 heteroatoms. The van der Waals surface area contributed by atoms with Crippen LogP contribution in [-0.2, 0) is 24.3 Å². The van der Waals surface area contributed by atoms with Gasteiger partial charge in [0.1, 0.15) is 0 Å². The van der Waals surface area contributed by atoms with Crippen LogP contribution < -0.4 is 5.73 Å². The maximum atomic E-state index is 11.6. The minimum Gasteiger partial charge on any atom is -0.368 e. The van der Waals surface area contributed by atoms with E-state index < -0.39 is 0 Å². The van der Waals surface area contributed by atoms with E-state index in [9.17, 15) is 4.79 Å². The van der Waals surface area contributed by atoms with Gasteiger partial charge in [-0.2, -0.15) is 5.10 Å². The molecule has 1 aliphatic heterocycles. The van der Waals surface area contributed by atoms with Crippen molar-refractivity contribution in [2.45, 2.75) is 58.7 Å². The Morgan fingerprint density at radius 1 is 1.45 bits per heavy atom. The van der Waals surface area contributed by atoms with E-state index in [2.05, 4.69) is 39.8 Å². The van der Waals surface area contributed by atoms with E-state index in [0.29, 0.717) is 0 Å². The lowest BCUT2D eigenvalue weighted by molar-refractivity contribution is -0.124. The molecule has 0 aliphatic carbocycles. The molecule has 5 nitrogen and oxygen atoms in total. The highest BCUT2D eigenvalue weighted by atomic mass is 79.9. The van der Waals surface area contributed by atoms with Crippen molar-refractivity contribution in [3.8, 4) is 0 Å². The Kier molecular flexibility index (Phi) is 5.21. The molecule has 1 atom stereocenters. The molecule has 0 aromatic carbocycles. The third kappa shape index (κ3) is 3.06. The summed E-state index contributed by atoms with van der Waals surface area (Å²) >= 11 is 3.66. The summed E-state index contributed by atoms with van der Waals surface area (Å²) < 4.78 is 3.10. The molecule has 2 N–H and O–H groups in total. The van der Waals surface area contributed by atoms with Crippen molar-refractivity contribution in [1.82, 2.24) is 14.7 Å². The lowest BCUT2D eigenvalue weighted by Gasteiger charge is -2.33. The summed E-state index contributed by atoms with van der Waals surface area (Å²) in [4.78, 5) is 13.8. The van der Waals surface area contributed by atoms with Crippen LogP contribution in [0.3, 0.4) is 0 Å². The number of nitrogens with zero attached hydrogens (tertiary/aromatic N) is 3. The van der Waals surface area contributed by atoms with Crippen molar-refractivity contribution in [1.29, 1.82) is 0 Å². The summed E-state index contributed by atoms with van der Waals surface area (Å²) in [6.07, 6.45) is 3.98. The molecule has 0 spiro atoms. The molecular formula is C14H23BrN4O. The number of carbonyl (C=O) groups excluding carboxylic acids is 1. The summed E-state index contributed by atoms with van der Waals surface area (Å²) in [5.74, 6) is -0.209. The summed E-state index contributed by atoms with van der Waals surface area (Å²) in [6.45, 7) is 6.68. The van der Waals surface area contributed by atoms with Gasteiger partial charge in [0.15, 0.2) is 0 Å². The molecule has 2 rings (SSSR count). The molecule has 2 heterocycles. The average Bonchev–Trinajstić information content (AvgIpc) is 2.75. The SMILES string of the molecule is CCc1nn(CC)c(CN2CCCCC2C(N)=O)c1Br. The van der Waals surface area contributed by atoms with Gasteiger partial charge in [-0.1, -0.05) is 13.3 Å². The van der Waals surface area contributed by atoms with Gasteiger partial charge in [-0.25, -0.2) is 0 Å². The molecule has 20 heavy (non-hydrogen) atoms. The molecule has 1 aliphatic rings. The van der Waals surface area contributed by atoms with Crippen LogP contribution in [0.4, 0.5) is 0 Å². The van der Waals surface area contributed by atoms with Gasteiger partial charge >= 0.3 is 0 Å². The smallest absolute Gasteiger partial charge is 0.234 e. The van der Waals surface area contributed by atoms with Crippen LogP contribution in [0.2, 0.25) is 0 Å². The largest absolute Gasteiger partial charge is 0.368 e. The second-order valence-corrected chi connectivity index (χ2v) is 6.05. The number of rotatable bonds is 5. The van der Waals surface area contributed by atoms with Crippen molar-refractivity contribution in [3.63, 3.8) is 0 Å². The van der Waals surface area contributed by atoms with Crippen molar-refractivity contribution in [2.75, 3.05) is 6.54 Å². The van der Waals surface area contributed by atoms with Gasteiger partial charge in [0, 0.05) is 13.1 Å². The van der Waals surface area contributed by atoms with Gasteiger partial charge in [0.25, 0.3) is 0 Å².